The molecule has 1 atom stereocenters. The van der Waals surface area contributed by atoms with Crippen LogP contribution in [0.15, 0.2) is 54.6 Å². The van der Waals surface area contributed by atoms with Crippen LogP contribution < -0.4 is 15.8 Å². The topological polar surface area (TPSA) is 102 Å². The Balaban J connectivity index is 0.000000633. The Morgan fingerprint density at radius 3 is 2.09 bits per heavy atom. The van der Waals surface area contributed by atoms with E-state index in [9.17, 15) is 18.0 Å². The Kier molecular flexibility index (Phi) is 10.5. The monoisotopic (exact) mass is 472 g/mol. The molecule has 0 saturated carbocycles. The summed E-state index contributed by atoms with van der Waals surface area (Å²) in [5.41, 5.74) is 7.85. The number of rotatable bonds is 8. The van der Waals surface area contributed by atoms with Crippen LogP contribution in [0, 0.1) is 0 Å². The largest absolute Gasteiger partial charge is 0.497 e. The number of carboxylic acids is 1. The highest BCUT2D eigenvalue weighted by atomic mass is 32.2. The molecule has 4 N–H and O–H groups in total. The lowest BCUT2D eigenvalue weighted by Gasteiger charge is -2.28. The van der Waals surface area contributed by atoms with E-state index in [2.05, 4.69) is 5.32 Å². The third kappa shape index (κ3) is 9.61. The average molecular weight is 473 g/mol. The number of nitrogens with one attached hydrogen (secondary N) is 1. The maximum Gasteiger partial charge on any atom is 0.490 e. The smallest absolute Gasteiger partial charge is 0.490 e. The molecule has 0 unspecified atom stereocenters. The Bertz CT molecular complexity index is 860. The summed E-state index contributed by atoms with van der Waals surface area (Å²) in [7, 11) is 1.65. The van der Waals surface area contributed by atoms with E-state index >= 15 is 0 Å². The van der Waals surface area contributed by atoms with Gasteiger partial charge in [-0.25, -0.2) is 4.79 Å². The molecule has 0 radical (unpaired) electrons. The third-order valence-corrected chi connectivity index (χ3v) is 5.37. The number of hydrogen-bond donors (Lipinski definition) is 3. The molecule has 32 heavy (non-hydrogen) atoms. The Labute approximate surface area is 189 Å². The molecule has 0 heterocycles. The summed E-state index contributed by atoms with van der Waals surface area (Å²) in [6, 6.07) is 17.3. The number of benzene rings is 2. The van der Waals surface area contributed by atoms with Gasteiger partial charge in [0, 0.05) is 11.5 Å². The number of carboxylic acid groups (broad SMARTS) is 1. The number of halogens is 3. The van der Waals surface area contributed by atoms with Crippen molar-refractivity contribution in [3.8, 4) is 5.75 Å². The van der Waals surface area contributed by atoms with Crippen LogP contribution in [0.2, 0.25) is 0 Å². The van der Waals surface area contributed by atoms with E-state index in [4.69, 9.17) is 20.4 Å². The van der Waals surface area contributed by atoms with Crippen molar-refractivity contribution in [3.05, 3.63) is 65.7 Å². The Hall–Kier alpha value is -2.72. The minimum atomic E-state index is -5.08. The van der Waals surface area contributed by atoms with Gasteiger partial charge in [0.2, 0.25) is 5.91 Å². The van der Waals surface area contributed by atoms with Gasteiger partial charge in [-0.2, -0.15) is 24.9 Å². The fourth-order valence-electron chi connectivity index (χ4n) is 2.43. The van der Waals surface area contributed by atoms with E-state index in [1.54, 1.807) is 18.9 Å². The van der Waals surface area contributed by atoms with E-state index in [-0.39, 0.29) is 5.91 Å². The van der Waals surface area contributed by atoms with Gasteiger partial charge in [0.1, 0.15) is 5.75 Å². The number of carbonyl (C=O) groups excluding carboxylic acids is 1. The normalized spacial score (nSPS) is 12.2. The van der Waals surface area contributed by atoms with Gasteiger partial charge in [-0.05, 0) is 37.1 Å². The van der Waals surface area contributed by atoms with Crippen molar-refractivity contribution in [3.63, 3.8) is 0 Å². The van der Waals surface area contributed by atoms with Crippen molar-refractivity contribution in [2.45, 2.75) is 37.4 Å². The highest BCUT2D eigenvalue weighted by Gasteiger charge is 2.38. The second-order valence-electron chi connectivity index (χ2n) is 7.25. The molecule has 0 aliphatic carbocycles. The van der Waals surface area contributed by atoms with Crippen LogP contribution in [0.3, 0.4) is 0 Å². The van der Waals surface area contributed by atoms with E-state index in [0.717, 1.165) is 17.1 Å². The van der Waals surface area contributed by atoms with Gasteiger partial charge in [0.25, 0.3) is 0 Å². The zero-order chi connectivity index (χ0) is 24.4. The molecule has 2 aromatic rings. The predicted molar refractivity (Wildman–Crippen MR) is 118 cm³/mol. The maximum absolute atomic E-state index is 12.4. The van der Waals surface area contributed by atoms with Crippen LogP contribution >= 0.6 is 11.8 Å². The zero-order valence-electron chi connectivity index (χ0n) is 18.0. The molecular weight excluding hydrogens is 445 g/mol. The SMILES string of the molecule is COc1ccc(CSC[C@H](N)C(=O)NC(C)(C)c2ccccc2)cc1.O=C(O)C(F)(F)F. The van der Waals surface area contributed by atoms with Crippen molar-refractivity contribution >= 4 is 23.6 Å². The molecule has 0 bridgehead atoms. The molecule has 0 spiro atoms. The molecule has 0 aliphatic rings. The lowest BCUT2D eigenvalue weighted by molar-refractivity contribution is -0.192. The summed E-state index contributed by atoms with van der Waals surface area (Å²) in [4.78, 5) is 21.3. The number of ether oxygens (including phenoxy) is 1. The zero-order valence-corrected chi connectivity index (χ0v) is 18.8. The summed E-state index contributed by atoms with van der Waals surface area (Å²) in [5.74, 6) is -0.660. The highest BCUT2D eigenvalue weighted by molar-refractivity contribution is 7.98. The van der Waals surface area contributed by atoms with Crippen LogP contribution in [0.4, 0.5) is 13.2 Å². The molecule has 0 aliphatic heterocycles. The molecule has 0 saturated heterocycles. The van der Waals surface area contributed by atoms with Gasteiger partial charge in [-0.3, -0.25) is 4.79 Å². The first kappa shape index (κ1) is 27.3. The lowest BCUT2D eigenvalue weighted by Crippen LogP contribution is -2.49. The molecule has 0 fully saturated rings. The first-order valence-electron chi connectivity index (χ1n) is 9.50. The van der Waals surface area contributed by atoms with E-state index in [1.807, 2.05) is 68.4 Å². The number of alkyl halides is 3. The second-order valence-corrected chi connectivity index (χ2v) is 8.28. The Morgan fingerprint density at radius 2 is 1.62 bits per heavy atom. The minimum absolute atomic E-state index is 0.129. The summed E-state index contributed by atoms with van der Waals surface area (Å²) in [6.07, 6.45) is -5.08. The van der Waals surface area contributed by atoms with Crippen LogP contribution in [-0.2, 0) is 20.9 Å². The number of methoxy groups -OCH3 is 1. The van der Waals surface area contributed by atoms with Gasteiger partial charge in [0.05, 0.1) is 18.7 Å². The van der Waals surface area contributed by atoms with Crippen molar-refractivity contribution in [2.24, 2.45) is 5.73 Å². The fraction of sp³-hybridized carbons (Fsp3) is 0.364. The number of hydrogen-bond acceptors (Lipinski definition) is 5. The molecule has 176 valence electrons. The van der Waals surface area contributed by atoms with Gasteiger partial charge in [-0.15, -0.1) is 0 Å². The van der Waals surface area contributed by atoms with E-state index in [1.165, 1.54) is 5.56 Å². The summed E-state index contributed by atoms with van der Waals surface area (Å²) in [5, 5.41) is 10.2. The lowest BCUT2D eigenvalue weighted by atomic mass is 9.94. The average Bonchev–Trinajstić information content (AvgIpc) is 2.74. The van der Waals surface area contributed by atoms with Gasteiger partial charge >= 0.3 is 12.1 Å². The molecule has 2 rings (SSSR count). The molecule has 6 nitrogen and oxygen atoms in total. The van der Waals surface area contributed by atoms with Crippen LogP contribution in [0.5, 0.6) is 5.75 Å². The van der Waals surface area contributed by atoms with Crippen molar-refractivity contribution in [1.29, 1.82) is 0 Å². The van der Waals surface area contributed by atoms with Crippen LogP contribution in [0.1, 0.15) is 25.0 Å². The minimum Gasteiger partial charge on any atom is -0.497 e. The summed E-state index contributed by atoms with van der Waals surface area (Å²) >= 11 is 1.65. The number of thioether (sulfide) groups is 1. The van der Waals surface area contributed by atoms with E-state index in [0.29, 0.717) is 5.75 Å². The molecule has 0 aromatic heterocycles. The summed E-state index contributed by atoms with van der Waals surface area (Å²) in [6.45, 7) is 3.97. The van der Waals surface area contributed by atoms with Gasteiger partial charge in [0.15, 0.2) is 0 Å². The number of nitrogens with two attached hydrogens (primary N) is 1. The van der Waals surface area contributed by atoms with Gasteiger partial charge in [-0.1, -0.05) is 42.5 Å². The second kappa shape index (κ2) is 12.4. The van der Waals surface area contributed by atoms with Gasteiger partial charge < -0.3 is 20.9 Å². The first-order valence-corrected chi connectivity index (χ1v) is 10.7. The highest BCUT2D eigenvalue weighted by Crippen LogP contribution is 2.20. The van der Waals surface area contributed by atoms with Crippen LogP contribution in [0.25, 0.3) is 0 Å². The van der Waals surface area contributed by atoms with Crippen LogP contribution in [-0.4, -0.2) is 42.1 Å². The number of amides is 1. The molecule has 10 heteroatoms. The summed E-state index contributed by atoms with van der Waals surface area (Å²) < 4.78 is 36.9. The number of aliphatic carboxylic acids is 1. The Morgan fingerprint density at radius 1 is 1.09 bits per heavy atom. The first-order chi connectivity index (χ1) is 14.9. The molecule has 2 aromatic carbocycles. The molecule has 1 amide bonds. The predicted octanol–water partition coefficient (Wildman–Crippen LogP) is 3.94. The third-order valence-electron chi connectivity index (χ3n) is 4.24. The molecular formula is C22H27F3N2O4S. The fourth-order valence-corrected chi connectivity index (χ4v) is 3.38. The van der Waals surface area contributed by atoms with E-state index < -0.39 is 23.7 Å². The quantitative estimate of drug-likeness (QED) is 0.538. The van der Waals surface area contributed by atoms with Crippen molar-refractivity contribution in [2.75, 3.05) is 12.9 Å². The van der Waals surface area contributed by atoms with Crippen molar-refractivity contribution in [1.82, 2.24) is 5.32 Å². The maximum atomic E-state index is 12.4. The van der Waals surface area contributed by atoms with Crippen molar-refractivity contribution < 1.29 is 32.6 Å². The standard InChI is InChI=1S/C20H26N2O2S.C2HF3O2/c1-20(2,16-7-5-4-6-8-16)22-19(23)18(21)14-25-13-15-9-11-17(24-3)12-10-15;3-2(4,5)1(6)7/h4-12,18H,13-14,21H2,1-3H3,(H,22,23);(H,6,7)/t18-;/m0./s1. The number of carbonyl (C=O) groups is 2.